The predicted octanol–water partition coefficient (Wildman–Crippen LogP) is 3.15. The van der Waals surface area contributed by atoms with Gasteiger partial charge in [0.2, 0.25) is 0 Å². The summed E-state index contributed by atoms with van der Waals surface area (Å²) in [5.74, 6) is 0.268. The lowest BCUT2D eigenvalue weighted by Crippen LogP contribution is -2.34. The number of hydrogen-bond donors (Lipinski definition) is 0. The Kier molecular flexibility index (Phi) is 5.14. The van der Waals surface area contributed by atoms with Gasteiger partial charge in [-0.2, -0.15) is 0 Å². The molecule has 3 rings (SSSR count). The third-order valence-corrected chi connectivity index (χ3v) is 5.17. The number of likely N-dealkylation sites (tertiary alicyclic amines) is 1. The zero-order valence-corrected chi connectivity index (χ0v) is 14.4. The second-order valence-electron chi connectivity index (χ2n) is 6.72. The van der Waals surface area contributed by atoms with E-state index < -0.39 is 6.04 Å². The minimum absolute atomic E-state index is 0.00715. The van der Waals surface area contributed by atoms with E-state index in [1.54, 1.807) is 0 Å². The monoisotopic (exact) mass is 327 g/mol. The topological polar surface area (TPSA) is 46.6 Å². The van der Waals surface area contributed by atoms with E-state index in [9.17, 15) is 9.59 Å². The van der Waals surface area contributed by atoms with Crippen LogP contribution in [0.25, 0.3) is 0 Å². The Morgan fingerprint density at radius 3 is 2.67 bits per heavy atom. The van der Waals surface area contributed by atoms with Crippen molar-refractivity contribution in [2.45, 2.75) is 32.2 Å². The van der Waals surface area contributed by atoms with Gasteiger partial charge in [0.25, 0.3) is 0 Å². The molecule has 1 heterocycles. The fourth-order valence-electron chi connectivity index (χ4n) is 3.91. The highest BCUT2D eigenvalue weighted by Crippen LogP contribution is 2.39. The SMILES string of the molecule is CCCCC1=C[C@@H]2CN([C@H](C(=O)OC)c3ccccc3)C[C@@H]2C1=O. The quantitative estimate of drug-likeness (QED) is 0.753. The number of fused-ring (bicyclic) bond motifs is 1. The van der Waals surface area contributed by atoms with Gasteiger partial charge in [0.1, 0.15) is 6.04 Å². The van der Waals surface area contributed by atoms with Crippen molar-refractivity contribution in [3.63, 3.8) is 0 Å². The smallest absolute Gasteiger partial charge is 0.327 e. The van der Waals surface area contributed by atoms with E-state index in [2.05, 4.69) is 17.9 Å². The number of rotatable bonds is 6. The number of carbonyl (C=O) groups is 2. The molecular weight excluding hydrogens is 302 g/mol. The van der Waals surface area contributed by atoms with Crippen LogP contribution in [0.3, 0.4) is 0 Å². The molecule has 4 nitrogen and oxygen atoms in total. The van der Waals surface area contributed by atoms with Gasteiger partial charge in [-0.15, -0.1) is 0 Å². The molecule has 1 aromatic carbocycles. The number of nitrogens with zero attached hydrogens (tertiary/aromatic N) is 1. The van der Waals surface area contributed by atoms with Crippen molar-refractivity contribution in [2.24, 2.45) is 11.8 Å². The molecule has 0 amide bonds. The molecule has 0 radical (unpaired) electrons. The number of carbonyl (C=O) groups excluding carboxylic acids is 2. The van der Waals surface area contributed by atoms with Crippen molar-refractivity contribution in [1.82, 2.24) is 4.90 Å². The molecule has 4 heteroatoms. The molecule has 24 heavy (non-hydrogen) atoms. The van der Waals surface area contributed by atoms with Gasteiger partial charge in [0.15, 0.2) is 5.78 Å². The van der Waals surface area contributed by atoms with Gasteiger partial charge >= 0.3 is 5.97 Å². The summed E-state index contributed by atoms with van der Waals surface area (Å²) in [5, 5.41) is 0. The first-order valence-electron chi connectivity index (χ1n) is 8.77. The second kappa shape index (κ2) is 7.31. The van der Waals surface area contributed by atoms with Crippen LogP contribution in [0, 0.1) is 11.8 Å². The average Bonchev–Trinajstić information content (AvgIpc) is 3.13. The molecule has 1 aliphatic heterocycles. The van der Waals surface area contributed by atoms with Gasteiger partial charge < -0.3 is 4.74 Å². The first kappa shape index (κ1) is 16.9. The lowest BCUT2D eigenvalue weighted by Gasteiger charge is -2.26. The maximum absolute atomic E-state index is 12.6. The molecule has 0 bridgehead atoms. The van der Waals surface area contributed by atoms with E-state index in [0.717, 1.165) is 36.9 Å². The number of hydrogen-bond acceptors (Lipinski definition) is 4. The molecule has 2 aliphatic rings. The predicted molar refractivity (Wildman–Crippen MR) is 92.4 cm³/mol. The molecule has 1 saturated heterocycles. The molecule has 128 valence electrons. The Morgan fingerprint density at radius 2 is 2.04 bits per heavy atom. The number of unbranched alkanes of at least 4 members (excludes halogenated alkanes) is 1. The highest BCUT2D eigenvalue weighted by Gasteiger charge is 2.45. The number of Topliss-reactive ketones (excluding diaryl/α,β-unsaturated/α-hetero) is 1. The fraction of sp³-hybridized carbons (Fsp3) is 0.500. The van der Waals surface area contributed by atoms with Crippen molar-refractivity contribution >= 4 is 11.8 Å². The van der Waals surface area contributed by atoms with Gasteiger partial charge in [-0.3, -0.25) is 9.69 Å². The van der Waals surface area contributed by atoms with Crippen molar-refractivity contribution in [2.75, 3.05) is 20.2 Å². The number of methoxy groups -OCH3 is 1. The summed E-state index contributed by atoms with van der Waals surface area (Å²) in [6, 6.07) is 9.25. The molecular formula is C20H25NO3. The minimum Gasteiger partial charge on any atom is -0.468 e. The van der Waals surface area contributed by atoms with E-state index in [1.807, 2.05) is 30.3 Å². The lowest BCUT2D eigenvalue weighted by atomic mass is 9.97. The van der Waals surface area contributed by atoms with Gasteiger partial charge in [-0.05, 0) is 24.0 Å². The van der Waals surface area contributed by atoms with Crippen LogP contribution >= 0.6 is 0 Å². The van der Waals surface area contributed by atoms with E-state index in [0.29, 0.717) is 6.54 Å². The van der Waals surface area contributed by atoms with Crippen LogP contribution < -0.4 is 0 Å². The first-order chi connectivity index (χ1) is 11.7. The summed E-state index contributed by atoms with van der Waals surface area (Å²) in [6.45, 7) is 3.51. The van der Waals surface area contributed by atoms with Crippen molar-refractivity contribution in [3.8, 4) is 0 Å². The zero-order valence-electron chi connectivity index (χ0n) is 14.4. The number of ether oxygens (including phenoxy) is 1. The Labute approximate surface area is 143 Å². The minimum atomic E-state index is -0.429. The number of ketones is 1. The Morgan fingerprint density at radius 1 is 1.29 bits per heavy atom. The number of allylic oxidation sites excluding steroid dienone is 1. The molecule has 0 aromatic heterocycles. The normalized spacial score (nSPS) is 24.6. The van der Waals surface area contributed by atoms with Crippen LogP contribution in [0.15, 0.2) is 42.0 Å². The van der Waals surface area contributed by atoms with Crippen molar-refractivity contribution in [3.05, 3.63) is 47.5 Å². The van der Waals surface area contributed by atoms with Crippen LogP contribution in [0.1, 0.15) is 37.8 Å². The van der Waals surface area contributed by atoms with Crippen molar-refractivity contribution < 1.29 is 14.3 Å². The van der Waals surface area contributed by atoms with E-state index >= 15 is 0 Å². The molecule has 0 saturated carbocycles. The molecule has 1 aromatic rings. The van der Waals surface area contributed by atoms with Crippen molar-refractivity contribution in [1.29, 1.82) is 0 Å². The van der Waals surface area contributed by atoms with Crippen LogP contribution in [0.4, 0.5) is 0 Å². The second-order valence-corrected chi connectivity index (χ2v) is 6.72. The first-order valence-corrected chi connectivity index (χ1v) is 8.77. The third-order valence-electron chi connectivity index (χ3n) is 5.17. The average molecular weight is 327 g/mol. The molecule has 3 atom stereocenters. The summed E-state index contributed by atoms with van der Waals surface area (Å²) in [4.78, 5) is 27.1. The van der Waals surface area contributed by atoms with Crippen LogP contribution in [-0.4, -0.2) is 36.9 Å². The summed E-state index contributed by atoms with van der Waals surface area (Å²) < 4.78 is 5.02. The number of esters is 1. The highest BCUT2D eigenvalue weighted by molar-refractivity contribution is 6.00. The summed E-state index contributed by atoms with van der Waals surface area (Å²) >= 11 is 0. The van der Waals surface area contributed by atoms with Gasteiger partial charge in [0, 0.05) is 24.9 Å². The highest BCUT2D eigenvalue weighted by atomic mass is 16.5. The largest absolute Gasteiger partial charge is 0.468 e. The summed E-state index contributed by atoms with van der Waals surface area (Å²) in [6.07, 6.45) is 5.21. The fourth-order valence-corrected chi connectivity index (χ4v) is 3.91. The van der Waals surface area contributed by atoms with Gasteiger partial charge in [-0.1, -0.05) is 49.8 Å². The summed E-state index contributed by atoms with van der Waals surface area (Å²) in [5.41, 5.74) is 1.92. The van der Waals surface area contributed by atoms with Crippen LogP contribution in [-0.2, 0) is 14.3 Å². The standard InChI is InChI=1S/C20H25NO3/c1-3-4-8-15-11-16-12-21(13-17(16)19(15)22)18(20(23)24-2)14-9-6-5-7-10-14/h5-7,9-11,16-18H,3-4,8,12-13H2,1-2H3/t16-,17+,18+/m1/s1. The molecule has 1 aliphatic carbocycles. The maximum atomic E-state index is 12.6. The Hall–Kier alpha value is -1.94. The molecule has 0 unspecified atom stereocenters. The summed E-state index contributed by atoms with van der Waals surface area (Å²) in [7, 11) is 1.42. The van der Waals surface area contributed by atoms with Crippen LogP contribution in [0.5, 0.6) is 0 Å². The Balaban J connectivity index is 1.78. The van der Waals surface area contributed by atoms with E-state index in [-0.39, 0.29) is 23.6 Å². The molecule has 0 spiro atoms. The van der Waals surface area contributed by atoms with Gasteiger partial charge in [0.05, 0.1) is 7.11 Å². The molecule has 0 N–H and O–H groups in total. The Bertz CT molecular complexity index is 638. The lowest BCUT2D eigenvalue weighted by molar-refractivity contribution is -0.147. The van der Waals surface area contributed by atoms with Gasteiger partial charge in [-0.25, -0.2) is 4.79 Å². The third kappa shape index (κ3) is 3.16. The van der Waals surface area contributed by atoms with E-state index in [4.69, 9.17) is 4.74 Å². The van der Waals surface area contributed by atoms with E-state index in [1.165, 1.54) is 7.11 Å². The number of benzene rings is 1. The molecule has 1 fully saturated rings. The maximum Gasteiger partial charge on any atom is 0.327 e. The van der Waals surface area contributed by atoms with Crippen LogP contribution in [0.2, 0.25) is 0 Å². The zero-order chi connectivity index (χ0) is 17.1.